The average Bonchev–Trinajstić information content (AvgIpc) is 2.24. The zero-order chi connectivity index (χ0) is 14.9. The Bertz CT molecular complexity index is 352. The fourth-order valence-corrected chi connectivity index (χ4v) is 1.27. The van der Waals surface area contributed by atoms with Crippen molar-refractivity contribution in [2.45, 2.75) is 39.7 Å². The van der Waals surface area contributed by atoms with Crippen molar-refractivity contribution in [3.05, 3.63) is 36.6 Å². The molecule has 1 amide bonds. The lowest BCUT2D eigenvalue weighted by molar-refractivity contribution is 0.0532. The van der Waals surface area contributed by atoms with E-state index in [0.29, 0.717) is 6.54 Å². The molecule has 0 aromatic carbocycles. The van der Waals surface area contributed by atoms with E-state index in [2.05, 4.69) is 23.8 Å². The summed E-state index contributed by atoms with van der Waals surface area (Å²) >= 11 is 0. The Morgan fingerprint density at radius 3 is 2.42 bits per heavy atom. The fraction of sp³-hybridized carbons (Fsp3) is 0.533. The second-order valence-corrected chi connectivity index (χ2v) is 5.29. The summed E-state index contributed by atoms with van der Waals surface area (Å²) in [7, 11) is 0. The molecular weight excluding hydrogens is 240 g/mol. The first kappa shape index (κ1) is 17.3. The molecule has 0 spiro atoms. The predicted octanol–water partition coefficient (Wildman–Crippen LogP) is 3.14. The molecule has 0 aliphatic carbocycles. The zero-order valence-corrected chi connectivity index (χ0v) is 12.5. The molecule has 0 heterocycles. The van der Waals surface area contributed by atoms with Gasteiger partial charge < -0.3 is 15.4 Å². The van der Waals surface area contributed by atoms with E-state index in [4.69, 9.17) is 4.74 Å². The summed E-state index contributed by atoms with van der Waals surface area (Å²) in [6.07, 6.45) is 4.34. The van der Waals surface area contributed by atoms with Crippen molar-refractivity contribution in [3.63, 3.8) is 0 Å². The molecule has 19 heavy (non-hydrogen) atoms. The van der Waals surface area contributed by atoms with Crippen LogP contribution in [0.2, 0.25) is 0 Å². The fourth-order valence-electron chi connectivity index (χ4n) is 1.27. The van der Waals surface area contributed by atoms with Crippen LogP contribution in [0.5, 0.6) is 0 Å². The van der Waals surface area contributed by atoms with Crippen molar-refractivity contribution in [2.75, 3.05) is 13.1 Å². The van der Waals surface area contributed by atoms with Crippen LogP contribution in [0.1, 0.15) is 34.1 Å². The lowest BCUT2D eigenvalue weighted by Crippen LogP contribution is -2.35. The third-order valence-corrected chi connectivity index (χ3v) is 2.07. The van der Waals surface area contributed by atoms with Gasteiger partial charge in [0.2, 0.25) is 0 Å². The summed E-state index contributed by atoms with van der Waals surface area (Å²) < 4.78 is 5.12. The van der Waals surface area contributed by atoms with Gasteiger partial charge in [-0.25, -0.2) is 4.79 Å². The first-order valence-electron chi connectivity index (χ1n) is 6.43. The SMILES string of the molecule is C=C(/C=C\C)CCNC(=C)CNC(=O)OC(C)(C)C. The Hall–Kier alpha value is -1.71. The van der Waals surface area contributed by atoms with Crippen LogP contribution in [0, 0.1) is 0 Å². The molecule has 4 heteroatoms. The van der Waals surface area contributed by atoms with Gasteiger partial charge in [-0.05, 0) is 34.1 Å². The number of ether oxygens (including phenoxy) is 1. The highest BCUT2D eigenvalue weighted by Gasteiger charge is 2.15. The monoisotopic (exact) mass is 266 g/mol. The molecule has 0 bridgehead atoms. The second kappa shape index (κ2) is 8.40. The van der Waals surface area contributed by atoms with Crippen LogP contribution in [0.15, 0.2) is 36.6 Å². The van der Waals surface area contributed by atoms with Crippen molar-refractivity contribution in [1.82, 2.24) is 10.6 Å². The number of allylic oxidation sites excluding steroid dienone is 2. The van der Waals surface area contributed by atoms with Crippen LogP contribution in [-0.2, 0) is 4.74 Å². The molecule has 0 saturated heterocycles. The van der Waals surface area contributed by atoms with Gasteiger partial charge in [-0.2, -0.15) is 0 Å². The predicted molar refractivity (Wildman–Crippen MR) is 80.0 cm³/mol. The minimum Gasteiger partial charge on any atom is -0.444 e. The second-order valence-electron chi connectivity index (χ2n) is 5.29. The molecule has 0 aromatic rings. The smallest absolute Gasteiger partial charge is 0.407 e. The highest BCUT2D eigenvalue weighted by molar-refractivity contribution is 5.67. The number of hydrogen-bond donors (Lipinski definition) is 2. The molecular formula is C15H26N2O2. The normalized spacial score (nSPS) is 11.2. The molecule has 0 rings (SSSR count). The van der Waals surface area contributed by atoms with E-state index in [1.165, 1.54) is 0 Å². The number of carbonyl (C=O) groups is 1. The topological polar surface area (TPSA) is 50.4 Å². The van der Waals surface area contributed by atoms with E-state index >= 15 is 0 Å². The molecule has 0 aromatic heterocycles. The van der Waals surface area contributed by atoms with Crippen LogP contribution < -0.4 is 10.6 Å². The summed E-state index contributed by atoms with van der Waals surface area (Å²) in [5, 5.41) is 5.77. The number of carbonyl (C=O) groups excluding carboxylic acids is 1. The Morgan fingerprint density at radius 2 is 1.89 bits per heavy atom. The van der Waals surface area contributed by atoms with Gasteiger partial charge in [0, 0.05) is 12.2 Å². The van der Waals surface area contributed by atoms with Gasteiger partial charge in [-0.1, -0.05) is 30.9 Å². The van der Waals surface area contributed by atoms with Gasteiger partial charge >= 0.3 is 6.09 Å². The van der Waals surface area contributed by atoms with Gasteiger partial charge in [0.25, 0.3) is 0 Å². The number of hydrogen-bond acceptors (Lipinski definition) is 3. The quantitative estimate of drug-likeness (QED) is 0.696. The molecule has 108 valence electrons. The van der Waals surface area contributed by atoms with E-state index < -0.39 is 11.7 Å². The number of alkyl carbamates (subject to hydrolysis) is 1. The summed E-state index contributed by atoms with van der Waals surface area (Å²) in [6, 6.07) is 0. The van der Waals surface area contributed by atoms with Gasteiger partial charge in [0.15, 0.2) is 0 Å². The van der Waals surface area contributed by atoms with Gasteiger partial charge in [-0.15, -0.1) is 0 Å². The Labute approximate surface area is 116 Å². The standard InChI is InChI=1S/C15H26N2O2/c1-7-8-12(2)9-10-16-13(3)11-17-14(18)19-15(4,5)6/h7-8,16H,2-3,9-11H2,1,4-6H3,(H,17,18)/b8-7-. The number of nitrogens with one attached hydrogen (secondary N) is 2. The first-order valence-corrected chi connectivity index (χ1v) is 6.43. The van der Waals surface area contributed by atoms with Gasteiger partial charge in [0.05, 0.1) is 6.54 Å². The van der Waals surface area contributed by atoms with Crippen molar-refractivity contribution in [2.24, 2.45) is 0 Å². The molecule has 0 fully saturated rings. The zero-order valence-electron chi connectivity index (χ0n) is 12.5. The van der Waals surface area contributed by atoms with Crippen LogP contribution in [0.25, 0.3) is 0 Å². The maximum absolute atomic E-state index is 11.4. The Kier molecular flexibility index (Phi) is 7.65. The van der Waals surface area contributed by atoms with E-state index in [9.17, 15) is 4.79 Å². The van der Waals surface area contributed by atoms with Gasteiger partial charge in [-0.3, -0.25) is 0 Å². The van der Waals surface area contributed by atoms with Crippen molar-refractivity contribution >= 4 is 6.09 Å². The molecule has 0 unspecified atom stereocenters. The summed E-state index contributed by atoms with van der Waals surface area (Å²) in [6.45, 7) is 16.3. The number of amides is 1. The number of rotatable bonds is 7. The van der Waals surface area contributed by atoms with Crippen molar-refractivity contribution < 1.29 is 9.53 Å². The lowest BCUT2D eigenvalue weighted by atomic mass is 10.2. The molecule has 0 aliphatic heterocycles. The lowest BCUT2D eigenvalue weighted by Gasteiger charge is -2.20. The third kappa shape index (κ3) is 11.1. The van der Waals surface area contributed by atoms with Crippen LogP contribution in [0.3, 0.4) is 0 Å². The Morgan fingerprint density at radius 1 is 1.26 bits per heavy atom. The summed E-state index contributed by atoms with van der Waals surface area (Å²) in [5.41, 5.74) is 1.32. The molecule has 2 N–H and O–H groups in total. The maximum atomic E-state index is 11.4. The molecule has 0 aliphatic rings. The highest BCUT2D eigenvalue weighted by atomic mass is 16.6. The highest BCUT2D eigenvalue weighted by Crippen LogP contribution is 2.06. The van der Waals surface area contributed by atoms with Crippen molar-refractivity contribution in [3.8, 4) is 0 Å². The minimum absolute atomic E-state index is 0.352. The Balaban J connectivity index is 3.76. The summed E-state index contributed by atoms with van der Waals surface area (Å²) in [4.78, 5) is 11.4. The molecule has 0 radical (unpaired) electrons. The van der Waals surface area contributed by atoms with Crippen LogP contribution in [-0.4, -0.2) is 24.8 Å². The van der Waals surface area contributed by atoms with Gasteiger partial charge in [0.1, 0.15) is 5.60 Å². The van der Waals surface area contributed by atoms with E-state index in [0.717, 1.165) is 24.2 Å². The van der Waals surface area contributed by atoms with E-state index in [1.54, 1.807) is 0 Å². The van der Waals surface area contributed by atoms with Crippen LogP contribution in [0.4, 0.5) is 4.79 Å². The first-order chi connectivity index (χ1) is 8.74. The van der Waals surface area contributed by atoms with Crippen LogP contribution >= 0.6 is 0 Å². The third-order valence-electron chi connectivity index (χ3n) is 2.07. The van der Waals surface area contributed by atoms with Crippen molar-refractivity contribution in [1.29, 1.82) is 0 Å². The molecule has 0 atom stereocenters. The minimum atomic E-state index is -0.483. The average molecular weight is 266 g/mol. The van der Waals surface area contributed by atoms with E-state index in [-0.39, 0.29) is 0 Å². The summed E-state index contributed by atoms with van der Waals surface area (Å²) in [5.74, 6) is 0. The van der Waals surface area contributed by atoms with E-state index in [1.807, 2.05) is 39.8 Å². The molecule has 0 saturated carbocycles. The maximum Gasteiger partial charge on any atom is 0.407 e. The molecule has 4 nitrogen and oxygen atoms in total. The largest absolute Gasteiger partial charge is 0.444 e.